The van der Waals surface area contributed by atoms with E-state index in [4.69, 9.17) is 4.74 Å². The molecule has 0 heterocycles. The molecule has 0 aliphatic carbocycles. The fraction of sp³-hybridized carbons (Fsp3) is 0.500. The molecule has 1 aromatic rings. The van der Waals surface area contributed by atoms with Crippen molar-refractivity contribution in [3.05, 3.63) is 28.5 Å². The predicted molar refractivity (Wildman–Crippen MR) is 71.8 cm³/mol. The van der Waals surface area contributed by atoms with Crippen LogP contribution in [0, 0.1) is 11.7 Å². The van der Waals surface area contributed by atoms with Crippen molar-refractivity contribution >= 4 is 31.9 Å². The number of benzene rings is 1. The van der Waals surface area contributed by atoms with Crippen LogP contribution in [-0.4, -0.2) is 11.9 Å². The SMILES string of the molecule is CC(CCBr)CCOc1ccc(F)cc1Br. The molecule has 0 bridgehead atoms. The fourth-order valence-corrected chi connectivity index (χ4v) is 2.54. The van der Waals surface area contributed by atoms with Gasteiger partial charge in [0.2, 0.25) is 0 Å². The van der Waals surface area contributed by atoms with Gasteiger partial charge in [0.25, 0.3) is 0 Å². The monoisotopic (exact) mass is 352 g/mol. The summed E-state index contributed by atoms with van der Waals surface area (Å²) >= 11 is 6.69. The van der Waals surface area contributed by atoms with Crippen molar-refractivity contribution in [3.8, 4) is 5.75 Å². The highest BCUT2D eigenvalue weighted by Crippen LogP contribution is 2.25. The zero-order valence-corrected chi connectivity index (χ0v) is 12.4. The van der Waals surface area contributed by atoms with E-state index in [1.54, 1.807) is 6.07 Å². The quantitative estimate of drug-likeness (QED) is 0.669. The molecule has 0 saturated heterocycles. The van der Waals surface area contributed by atoms with E-state index in [0.717, 1.165) is 18.2 Å². The lowest BCUT2D eigenvalue weighted by Crippen LogP contribution is -2.05. The molecule has 0 aliphatic heterocycles. The first-order valence-corrected chi connectivity index (χ1v) is 7.18. The summed E-state index contributed by atoms with van der Waals surface area (Å²) < 4.78 is 19.1. The zero-order valence-electron chi connectivity index (χ0n) is 9.18. The van der Waals surface area contributed by atoms with Crippen LogP contribution in [0.3, 0.4) is 0 Å². The van der Waals surface area contributed by atoms with Gasteiger partial charge < -0.3 is 4.74 Å². The molecule has 1 nitrogen and oxygen atoms in total. The highest BCUT2D eigenvalue weighted by Gasteiger charge is 2.04. The van der Waals surface area contributed by atoms with Gasteiger partial charge in [0.15, 0.2) is 0 Å². The van der Waals surface area contributed by atoms with Gasteiger partial charge in [-0.25, -0.2) is 4.39 Å². The van der Waals surface area contributed by atoms with Crippen LogP contribution in [-0.2, 0) is 0 Å². The minimum Gasteiger partial charge on any atom is -0.492 e. The normalized spacial score (nSPS) is 12.5. The summed E-state index contributed by atoms with van der Waals surface area (Å²) in [4.78, 5) is 0. The predicted octanol–water partition coefficient (Wildman–Crippen LogP) is 4.78. The third-order valence-electron chi connectivity index (χ3n) is 2.36. The molecule has 0 N–H and O–H groups in total. The molecule has 1 unspecified atom stereocenters. The molecule has 0 radical (unpaired) electrons. The Morgan fingerprint density at radius 3 is 2.75 bits per heavy atom. The fourth-order valence-electron chi connectivity index (χ4n) is 1.29. The molecule has 0 fully saturated rings. The van der Waals surface area contributed by atoms with Crippen molar-refractivity contribution in [1.29, 1.82) is 0 Å². The first kappa shape index (κ1) is 14.0. The molecule has 16 heavy (non-hydrogen) atoms. The van der Waals surface area contributed by atoms with Gasteiger partial charge in [-0.1, -0.05) is 22.9 Å². The van der Waals surface area contributed by atoms with E-state index >= 15 is 0 Å². The number of halogens is 3. The molecule has 0 saturated carbocycles. The zero-order chi connectivity index (χ0) is 12.0. The van der Waals surface area contributed by atoms with Gasteiger partial charge in [-0.3, -0.25) is 0 Å². The van der Waals surface area contributed by atoms with E-state index in [1.807, 2.05) is 0 Å². The largest absolute Gasteiger partial charge is 0.492 e. The molecule has 0 amide bonds. The van der Waals surface area contributed by atoms with Crippen molar-refractivity contribution < 1.29 is 9.13 Å². The summed E-state index contributed by atoms with van der Waals surface area (Å²) in [6, 6.07) is 4.47. The maximum atomic E-state index is 12.8. The lowest BCUT2D eigenvalue weighted by atomic mass is 10.1. The van der Waals surface area contributed by atoms with Crippen LogP contribution < -0.4 is 4.74 Å². The second-order valence-electron chi connectivity index (χ2n) is 3.79. The number of rotatable bonds is 6. The first-order valence-electron chi connectivity index (χ1n) is 5.27. The average Bonchev–Trinajstić information content (AvgIpc) is 2.22. The first-order chi connectivity index (χ1) is 7.63. The van der Waals surface area contributed by atoms with Crippen molar-refractivity contribution in [3.63, 3.8) is 0 Å². The Morgan fingerprint density at radius 2 is 2.12 bits per heavy atom. The Labute approximate surface area is 113 Å². The van der Waals surface area contributed by atoms with Gasteiger partial charge in [-0.05, 0) is 52.9 Å². The summed E-state index contributed by atoms with van der Waals surface area (Å²) in [5.74, 6) is 1.08. The number of hydrogen-bond donors (Lipinski definition) is 0. The standard InChI is InChI=1S/C12H15Br2FO/c1-9(4-6-13)5-7-16-12-3-2-10(15)8-11(12)14/h2-3,8-9H,4-7H2,1H3. The van der Waals surface area contributed by atoms with E-state index in [-0.39, 0.29) is 5.82 Å². The lowest BCUT2D eigenvalue weighted by molar-refractivity contribution is 0.280. The molecular weight excluding hydrogens is 339 g/mol. The Bertz CT molecular complexity index is 331. The van der Waals surface area contributed by atoms with Crippen LogP contribution in [0.5, 0.6) is 5.75 Å². The van der Waals surface area contributed by atoms with E-state index in [9.17, 15) is 4.39 Å². The van der Waals surface area contributed by atoms with E-state index in [2.05, 4.69) is 38.8 Å². The van der Waals surface area contributed by atoms with E-state index < -0.39 is 0 Å². The minimum atomic E-state index is -0.258. The Kier molecular flexibility index (Phi) is 6.36. The summed E-state index contributed by atoms with van der Waals surface area (Å²) in [7, 11) is 0. The number of alkyl halides is 1. The minimum absolute atomic E-state index is 0.258. The third-order valence-corrected chi connectivity index (χ3v) is 3.44. The van der Waals surface area contributed by atoms with Crippen LogP contribution in [0.1, 0.15) is 19.8 Å². The van der Waals surface area contributed by atoms with Crippen LogP contribution in [0.2, 0.25) is 0 Å². The summed E-state index contributed by atoms with van der Waals surface area (Å²) in [5, 5.41) is 1.02. The van der Waals surface area contributed by atoms with E-state index in [0.29, 0.717) is 22.7 Å². The summed E-state index contributed by atoms with van der Waals surface area (Å²) in [6.07, 6.45) is 2.16. The van der Waals surface area contributed by atoms with Gasteiger partial charge in [-0.2, -0.15) is 0 Å². The number of hydrogen-bond acceptors (Lipinski definition) is 1. The molecule has 4 heteroatoms. The van der Waals surface area contributed by atoms with Crippen LogP contribution in [0.4, 0.5) is 4.39 Å². The molecule has 0 spiro atoms. The smallest absolute Gasteiger partial charge is 0.133 e. The van der Waals surface area contributed by atoms with Crippen molar-refractivity contribution in [2.24, 2.45) is 5.92 Å². The van der Waals surface area contributed by atoms with Crippen molar-refractivity contribution in [2.75, 3.05) is 11.9 Å². The lowest BCUT2D eigenvalue weighted by Gasteiger charge is -2.11. The van der Waals surface area contributed by atoms with Crippen LogP contribution in [0.15, 0.2) is 22.7 Å². The molecule has 0 aliphatic rings. The van der Waals surface area contributed by atoms with Crippen molar-refractivity contribution in [2.45, 2.75) is 19.8 Å². The van der Waals surface area contributed by atoms with Gasteiger partial charge in [0.05, 0.1) is 11.1 Å². The third kappa shape index (κ3) is 4.83. The van der Waals surface area contributed by atoms with Gasteiger partial charge in [0, 0.05) is 5.33 Å². The second kappa shape index (κ2) is 7.28. The van der Waals surface area contributed by atoms with Gasteiger partial charge >= 0.3 is 0 Å². The van der Waals surface area contributed by atoms with Crippen LogP contribution in [0.25, 0.3) is 0 Å². The second-order valence-corrected chi connectivity index (χ2v) is 5.44. The summed E-state index contributed by atoms with van der Waals surface area (Å²) in [5.41, 5.74) is 0. The van der Waals surface area contributed by atoms with Gasteiger partial charge in [0.1, 0.15) is 11.6 Å². The topological polar surface area (TPSA) is 9.23 Å². The molecule has 0 aromatic heterocycles. The maximum Gasteiger partial charge on any atom is 0.133 e. The number of ether oxygens (including phenoxy) is 1. The van der Waals surface area contributed by atoms with Crippen molar-refractivity contribution in [1.82, 2.24) is 0 Å². The highest BCUT2D eigenvalue weighted by molar-refractivity contribution is 9.10. The Hall–Kier alpha value is -0.0900. The van der Waals surface area contributed by atoms with Crippen LogP contribution >= 0.6 is 31.9 Å². The highest BCUT2D eigenvalue weighted by atomic mass is 79.9. The maximum absolute atomic E-state index is 12.8. The molecule has 1 aromatic carbocycles. The molecule has 1 rings (SSSR count). The average molecular weight is 354 g/mol. The Morgan fingerprint density at radius 1 is 1.38 bits per heavy atom. The molecular formula is C12H15Br2FO. The van der Waals surface area contributed by atoms with E-state index in [1.165, 1.54) is 12.1 Å². The van der Waals surface area contributed by atoms with Gasteiger partial charge in [-0.15, -0.1) is 0 Å². The summed E-state index contributed by atoms with van der Waals surface area (Å²) in [6.45, 7) is 2.86. The molecule has 1 atom stereocenters. The Balaban J connectivity index is 2.37. The molecule has 90 valence electrons.